The Morgan fingerprint density at radius 1 is 1.32 bits per heavy atom. The van der Waals surface area contributed by atoms with E-state index in [1.807, 2.05) is 0 Å². The molecule has 1 aliphatic heterocycles. The van der Waals surface area contributed by atoms with Gasteiger partial charge in [-0.05, 0) is 63.3 Å². The molecule has 1 saturated heterocycles. The summed E-state index contributed by atoms with van der Waals surface area (Å²) in [6.45, 7) is 1.65. The van der Waals surface area contributed by atoms with Gasteiger partial charge in [-0.2, -0.15) is 0 Å². The SMILES string of the molecule is NCC1CN(C(=O)C[C@@H]2CC=CCC2)C2(CCC2)C1. The number of hydrogen-bond acceptors (Lipinski definition) is 2. The highest BCUT2D eigenvalue weighted by atomic mass is 16.2. The zero-order valence-electron chi connectivity index (χ0n) is 11.8. The largest absolute Gasteiger partial charge is 0.337 e. The zero-order valence-corrected chi connectivity index (χ0v) is 11.8. The van der Waals surface area contributed by atoms with Crippen LogP contribution >= 0.6 is 0 Å². The van der Waals surface area contributed by atoms with Crippen molar-refractivity contribution in [2.24, 2.45) is 17.6 Å². The normalized spacial score (nSPS) is 32.6. The van der Waals surface area contributed by atoms with Crippen LogP contribution in [0.2, 0.25) is 0 Å². The molecular weight excluding hydrogens is 236 g/mol. The molecule has 19 heavy (non-hydrogen) atoms. The molecule has 1 saturated carbocycles. The molecule has 1 amide bonds. The van der Waals surface area contributed by atoms with E-state index in [9.17, 15) is 4.79 Å². The van der Waals surface area contributed by atoms with E-state index in [1.165, 1.54) is 25.7 Å². The van der Waals surface area contributed by atoms with Crippen molar-refractivity contribution < 1.29 is 4.79 Å². The maximum Gasteiger partial charge on any atom is 0.223 e. The standard InChI is InChI=1S/C16H26N2O/c17-11-14-10-16(7-4-8-16)18(12-14)15(19)9-13-5-2-1-3-6-13/h1-2,13-14H,3-12,17H2/t13-,14?/m1/s1. The summed E-state index contributed by atoms with van der Waals surface area (Å²) in [6, 6.07) is 0. The van der Waals surface area contributed by atoms with Gasteiger partial charge in [-0.15, -0.1) is 0 Å². The molecule has 1 heterocycles. The van der Waals surface area contributed by atoms with Crippen molar-refractivity contribution in [3.05, 3.63) is 12.2 Å². The van der Waals surface area contributed by atoms with Gasteiger partial charge in [0.15, 0.2) is 0 Å². The van der Waals surface area contributed by atoms with Crippen molar-refractivity contribution in [3.63, 3.8) is 0 Å². The highest BCUT2D eigenvalue weighted by Gasteiger charge is 2.50. The summed E-state index contributed by atoms with van der Waals surface area (Å²) in [5, 5.41) is 0. The molecule has 2 N–H and O–H groups in total. The number of allylic oxidation sites excluding steroid dienone is 2. The molecule has 0 aromatic heterocycles. The van der Waals surface area contributed by atoms with E-state index in [-0.39, 0.29) is 5.54 Å². The fourth-order valence-corrected chi connectivity index (χ4v) is 4.15. The summed E-state index contributed by atoms with van der Waals surface area (Å²) in [5.74, 6) is 1.51. The smallest absolute Gasteiger partial charge is 0.223 e. The molecule has 3 aliphatic rings. The predicted molar refractivity (Wildman–Crippen MR) is 76.6 cm³/mol. The molecule has 3 heteroatoms. The van der Waals surface area contributed by atoms with E-state index >= 15 is 0 Å². The van der Waals surface area contributed by atoms with Gasteiger partial charge in [0.2, 0.25) is 5.91 Å². The summed E-state index contributed by atoms with van der Waals surface area (Å²) >= 11 is 0. The lowest BCUT2D eigenvalue weighted by Gasteiger charge is -2.46. The Kier molecular flexibility index (Phi) is 3.66. The van der Waals surface area contributed by atoms with Gasteiger partial charge in [-0.3, -0.25) is 4.79 Å². The Morgan fingerprint density at radius 2 is 2.16 bits per heavy atom. The molecule has 2 atom stereocenters. The average molecular weight is 262 g/mol. The van der Waals surface area contributed by atoms with Crippen LogP contribution in [0.3, 0.4) is 0 Å². The predicted octanol–water partition coefficient (Wildman–Crippen LogP) is 2.46. The second kappa shape index (κ2) is 5.28. The van der Waals surface area contributed by atoms with Gasteiger partial charge >= 0.3 is 0 Å². The molecule has 0 bridgehead atoms. The summed E-state index contributed by atoms with van der Waals surface area (Å²) in [7, 11) is 0. The van der Waals surface area contributed by atoms with Crippen LogP contribution in [0.1, 0.15) is 51.4 Å². The second-order valence-electron chi connectivity index (χ2n) is 6.74. The first kappa shape index (κ1) is 13.2. The number of likely N-dealkylation sites (tertiary alicyclic amines) is 1. The molecule has 0 aromatic rings. The Bertz CT molecular complexity index is 373. The maximum atomic E-state index is 12.6. The molecule has 106 valence electrons. The van der Waals surface area contributed by atoms with Crippen molar-refractivity contribution in [2.45, 2.75) is 56.9 Å². The van der Waals surface area contributed by atoms with Gasteiger partial charge in [0, 0.05) is 18.5 Å². The van der Waals surface area contributed by atoms with E-state index in [2.05, 4.69) is 17.1 Å². The van der Waals surface area contributed by atoms with Crippen LogP contribution in [0.15, 0.2) is 12.2 Å². The number of nitrogens with zero attached hydrogens (tertiary/aromatic N) is 1. The van der Waals surface area contributed by atoms with Gasteiger partial charge in [0.25, 0.3) is 0 Å². The summed E-state index contributed by atoms with van der Waals surface area (Å²) in [4.78, 5) is 14.9. The molecule has 1 unspecified atom stereocenters. The van der Waals surface area contributed by atoms with Gasteiger partial charge < -0.3 is 10.6 Å². The van der Waals surface area contributed by atoms with E-state index < -0.39 is 0 Å². The van der Waals surface area contributed by atoms with Gasteiger partial charge in [0.1, 0.15) is 0 Å². The minimum atomic E-state index is 0.214. The Morgan fingerprint density at radius 3 is 2.74 bits per heavy atom. The third-order valence-corrected chi connectivity index (χ3v) is 5.44. The minimum Gasteiger partial charge on any atom is -0.337 e. The van der Waals surface area contributed by atoms with Crippen LogP contribution in [0, 0.1) is 11.8 Å². The number of rotatable bonds is 3. The highest BCUT2D eigenvalue weighted by molar-refractivity contribution is 5.78. The first-order valence-corrected chi connectivity index (χ1v) is 7.89. The third kappa shape index (κ3) is 2.45. The van der Waals surface area contributed by atoms with E-state index in [4.69, 9.17) is 5.73 Å². The van der Waals surface area contributed by atoms with Crippen molar-refractivity contribution in [1.82, 2.24) is 4.90 Å². The lowest BCUT2D eigenvalue weighted by atomic mass is 9.73. The van der Waals surface area contributed by atoms with Crippen molar-refractivity contribution in [1.29, 1.82) is 0 Å². The summed E-state index contributed by atoms with van der Waals surface area (Å²) < 4.78 is 0. The Balaban J connectivity index is 1.63. The molecule has 2 aliphatic carbocycles. The number of amides is 1. The third-order valence-electron chi connectivity index (χ3n) is 5.44. The maximum absolute atomic E-state index is 12.6. The first-order valence-electron chi connectivity index (χ1n) is 7.89. The summed E-state index contributed by atoms with van der Waals surface area (Å²) in [6.07, 6.45) is 13.5. The fraction of sp³-hybridized carbons (Fsp3) is 0.812. The number of carbonyl (C=O) groups is 1. The molecule has 0 aromatic carbocycles. The lowest BCUT2D eigenvalue weighted by Crippen LogP contribution is -2.52. The minimum absolute atomic E-state index is 0.214. The van der Waals surface area contributed by atoms with Gasteiger partial charge in [-0.1, -0.05) is 12.2 Å². The lowest BCUT2D eigenvalue weighted by molar-refractivity contribution is -0.139. The fourth-order valence-electron chi connectivity index (χ4n) is 4.15. The van der Waals surface area contributed by atoms with Crippen LogP contribution < -0.4 is 5.73 Å². The Hall–Kier alpha value is -0.830. The zero-order chi connectivity index (χ0) is 13.3. The van der Waals surface area contributed by atoms with E-state index in [1.54, 1.807) is 0 Å². The first-order chi connectivity index (χ1) is 9.23. The van der Waals surface area contributed by atoms with Crippen molar-refractivity contribution in [2.75, 3.05) is 13.1 Å². The van der Waals surface area contributed by atoms with Crippen LogP contribution in [0.4, 0.5) is 0 Å². The molecule has 1 spiro atoms. The van der Waals surface area contributed by atoms with Crippen molar-refractivity contribution in [3.8, 4) is 0 Å². The topological polar surface area (TPSA) is 46.3 Å². The molecule has 2 fully saturated rings. The van der Waals surface area contributed by atoms with Crippen LogP contribution in [-0.4, -0.2) is 29.4 Å². The molecular formula is C16H26N2O. The van der Waals surface area contributed by atoms with Gasteiger partial charge in [-0.25, -0.2) is 0 Å². The Labute approximate surface area is 116 Å². The van der Waals surface area contributed by atoms with E-state index in [0.717, 1.165) is 38.8 Å². The van der Waals surface area contributed by atoms with Crippen molar-refractivity contribution >= 4 is 5.91 Å². The number of nitrogens with two attached hydrogens (primary N) is 1. The monoisotopic (exact) mass is 262 g/mol. The number of hydrogen-bond donors (Lipinski definition) is 1. The average Bonchev–Trinajstić information content (AvgIpc) is 2.80. The second-order valence-corrected chi connectivity index (χ2v) is 6.74. The van der Waals surface area contributed by atoms with E-state index in [0.29, 0.717) is 17.7 Å². The summed E-state index contributed by atoms with van der Waals surface area (Å²) in [5.41, 5.74) is 6.05. The molecule has 3 rings (SSSR count). The van der Waals surface area contributed by atoms with Gasteiger partial charge in [0.05, 0.1) is 0 Å². The number of carbonyl (C=O) groups excluding carboxylic acids is 1. The highest BCUT2D eigenvalue weighted by Crippen LogP contribution is 2.47. The quantitative estimate of drug-likeness (QED) is 0.794. The van der Waals surface area contributed by atoms with Crippen LogP contribution in [0.5, 0.6) is 0 Å². The molecule has 3 nitrogen and oxygen atoms in total. The molecule has 0 radical (unpaired) electrons. The van der Waals surface area contributed by atoms with Crippen LogP contribution in [0.25, 0.3) is 0 Å². The van der Waals surface area contributed by atoms with Crippen LogP contribution in [-0.2, 0) is 4.79 Å².